The van der Waals surface area contributed by atoms with Crippen molar-refractivity contribution in [3.8, 4) is 22.5 Å². The first-order valence-electron chi connectivity index (χ1n) is 9.96. The van der Waals surface area contributed by atoms with Gasteiger partial charge < -0.3 is 0 Å². The Hall–Kier alpha value is -1.75. The fourth-order valence-corrected chi connectivity index (χ4v) is 5.52. The van der Waals surface area contributed by atoms with E-state index in [1.54, 1.807) is 0 Å². The van der Waals surface area contributed by atoms with E-state index in [0.29, 0.717) is 0 Å². The summed E-state index contributed by atoms with van der Waals surface area (Å²) in [6.45, 7) is 2.73. The predicted octanol–water partition coefficient (Wildman–Crippen LogP) is 3.95. The van der Waals surface area contributed by atoms with Gasteiger partial charge in [-0.3, -0.25) is 0 Å². The third-order valence-electron chi connectivity index (χ3n) is 5.03. The van der Waals surface area contributed by atoms with Gasteiger partial charge >= 0.3 is 181 Å². The van der Waals surface area contributed by atoms with Gasteiger partial charge in [0.15, 0.2) is 0 Å². The van der Waals surface area contributed by atoms with E-state index in [1.165, 1.54) is 30.5 Å². The molecule has 6 nitrogen and oxygen atoms in total. The Bertz CT molecular complexity index is 935. The zero-order valence-electron chi connectivity index (χ0n) is 16.3. The molecule has 2 aromatic carbocycles. The number of aromatic amines is 1. The second-order valence-electron chi connectivity index (χ2n) is 7.00. The number of hydrogen-bond acceptors (Lipinski definition) is 5. The van der Waals surface area contributed by atoms with Crippen LogP contribution < -0.4 is 8.25 Å². The van der Waals surface area contributed by atoms with Crippen LogP contribution in [0.15, 0.2) is 48.5 Å². The van der Waals surface area contributed by atoms with Crippen molar-refractivity contribution in [1.82, 2.24) is 19.7 Å². The van der Waals surface area contributed by atoms with Crippen LogP contribution in [-0.2, 0) is 11.1 Å². The number of rotatable bonds is 9. The van der Waals surface area contributed by atoms with Gasteiger partial charge in [-0.05, 0) is 0 Å². The topological polar surface area (TPSA) is 66.1 Å². The van der Waals surface area contributed by atoms with Crippen molar-refractivity contribution in [1.29, 1.82) is 0 Å². The molecular formula is C21H26N5OPSe. The van der Waals surface area contributed by atoms with Crippen LogP contribution in [0.2, 0.25) is 0 Å². The van der Waals surface area contributed by atoms with E-state index in [0.717, 1.165) is 48.6 Å². The molecule has 0 bridgehead atoms. The number of fused-ring (bicyclic) bond motifs is 5. The van der Waals surface area contributed by atoms with Crippen LogP contribution in [0.3, 0.4) is 0 Å². The van der Waals surface area contributed by atoms with E-state index in [-0.39, 0.29) is 15.4 Å². The first kappa shape index (κ1) is 20.5. The van der Waals surface area contributed by atoms with Crippen molar-refractivity contribution in [3.05, 3.63) is 54.1 Å². The third-order valence-corrected chi connectivity index (χ3v) is 7.11. The Balaban J connectivity index is 1.51. The van der Waals surface area contributed by atoms with Gasteiger partial charge in [-0.25, -0.2) is 0 Å². The summed E-state index contributed by atoms with van der Waals surface area (Å²) in [5.41, 5.74) is 6.63. The monoisotopic (exact) mass is 475 g/mol. The number of benzene rings is 2. The van der Waals surface area contributed by atoms with E-state index in [4.69, 9.17) is 4.52 Å². The van der Waals surface area contributed by atoms with Crippen molar-refractivity contribution in [2.75, 3.05) is 17.1 Å². The standard InChI is InChI=1S/C21H26N5OPSe/c28-27-14-8-2-1-7-13-22-29-26-15-16-9-3-4-10-17(16)20-21(24-25-23-20)18-11-5-6-12-19(18)26/h3-6,9-12,22H,1-2,7-8,13-15,28H2,(H,23,24,25). The molecule has 3 aromatic rings. The predicted molar refractivity (Wildman–Crippen MR) is 121 cm³/mol. The van der Waals surface area contributed by atoms with Crippen LogP contribution in [0.25, 0.3) is 22.5 Å². The normalized spacial score (nSPS) is 12.7. The van der Waals surface area contributed by atoms with Crippen LogP contribution in [-0.4, -0.2) is 44.0 Å². The van der Waals surface area contributed by atoms with Gasteiger partial charge in [0.05, 0.1) is 0 Å². The molecule has 1 aromatic heterocycles. The van der Waals surface area contributed by atoms with E-state index >= 15 is 0 Å². The van der Waals surface area contributed by atoms with Crippen molar-refractivity contribution in [3.63, 3.8) is 0 Å². The summed E-state index contributed by atoms with van der Waals surface area (Å²) in [6.07, 6.45) is 4.78. The first-order chi connectivity index (χ1) is 14.4. The summed E-state index contributed by atoms with van der Waals surface area (Å²) < 4.78 is 11.2. The molecule has 0 saturated carbocycles. The number of nitrogens with zero attached hydrogens (tertiary/aromatic N) is 3. The van der Waals surface area contributed by atoms with Crippen molar-refractivity contribution < 1.29 is 4.52 Å². The fraction of sp³-hybridized carbons (Fsp3) is 0.333. The molecule has 1 aliphatic heterocycles. The molecule has 1 unspecified atom stereocenters. The molecule has 0 saturated heterocycles. The second kappa shape index (κ2) is 10.3. The van der Waals surface area contributed by atoms with Crippen LogP contribution in [0.4, 0.5) is 5.69 Å². The number of nitrogens with one attached hydrogen (secondary N) is 2. The molecular weight excluding hydrogens is 448 g/mol. The average molecular weight is 474 g/mol. The summed E-state index contributed by atoms with van der Waals surface area (Å²) in [6, 6.07) is 17.0. The quantitative estimate of drug-likeness (QED) is 0.279. The molecule has 8 heteroatoms. The van der Waals surface area contributed by atoms with Gasteiger partial charge in [-0.15, -0.1) is 0 Å². The Morgan fingerprint density at radius 1 is 0.966 bits per heavy atom. The number of hydrogen-bond donors (Lipinski definition) is 2. The zero-order valence-corrected chi connectivity index (χ0v) is 19.2. The van der Waals surface area contributed by atoms with Crippen molar-refractivity contribution in [2.45, 2.75) is 32.2 Å². The van der Waals surface area contributed by atoms with Gasteiger partial charge in [-0.2, -0.15) is 0 Å². The first-order valence-corrected chi connectivity index (χ1v) is 12.1. The summed E-state index contributed by atoms with van der Waals surface area (Å²) in [5.74, 6) is 0. The number of H-pyrrole nitrogens is 1. The maximum atomic E-state index is 5.04. The summed E-state index contributed by atoms with van der Waals surface area (Å²) in [4.78, 5) is 0. The molecule has 2 N–H and O–H groups in total. The van der Waals surface area contributed by atoms with E-state index < -0.39 is 0 Å². The third kappa shape index (κ3) is 4.88. The molecule has 0 fully saturated rings. The van der Waals surface area contributed by atoms with E-state index in [1.807, 2.05) is 0 Å². The molecule has 0 amide bonds. The van der Waals surface area contributed by atoms with Gasteiger partial charge in [0, 0.05) is 0 Å². The summed E-state index contributed by atoms with van der Waals surface area (Å²) in [7, 11) is 2.32. The Labute approximate surface area is 180 Å². The molecule has 1 atom stereocenters. The molecule has 0 spiro atoms. The maximum absolute atomic E-state index is 5.04. The van der Waals surface area contributed by atoms with Crippen LogP contribution in [0.5, 0.6) is 0 Å². The fourth-order valence-electron chi connectivity index (χ4n) is 3.57. The van der Waals surface area contributed by atoms with E-state index in [9.17, 15) is 0 Å². The van der Waals surface area contributed by atoms with Crippen LogP contribution >= 0.6 is 9.47 Å². The van der Waals surface area contributed by atoms with Gasteiger partial charge in [0.25, 0.3) is 0 Å². The molecule has 2 heterocycles. The van der Waals surface area contributed by atoms with Crippen molar-refractivity contribution >= 4 is 30.5 Å². The molecule has 1 aliphatic rings. The van der Waals surface area contributed by atoms with Crippen LogP contribution in [0, 0.1) is 0 Å². The number of unbranched alkanes of at least 4 members (excludes halogenated alkanes) is 3. The molecule has 152 valence electrons. The van der Waals surface area contributed by atoms with Gasteiger partial charge in [0.1, 0.15) is 0 Å². The minimum absolute atomic E-state index is 0.146. The molecule has 4 rings (SSSR count). The van der Waals surface area contributed by atoms with Crippen LogP contribution in [0.1, 0.15) is 31.2 Å². The molecule has 0 radical (unpaired) electrons. The average Bonchev–Trinajstić information content (AvgIpc) is 3.23. The Morgan fingerprint density at radius 3 is 2.55 bits per heavy atom. The number of anilines is 1. The minimum atomic E-state index is 0.146. The van der Waals surface area contributed by atoms with E-state index in [2.05, 4.69) is 81.7 Å². The SMILES string of the molecule is POCCCCCCN[Se]N1Cc2ccccc2-c2n[nH]nc2-c2ccccc21. The van der Waals surface area contributed by atoms with Gasteiger partial charge in [-0.1, -0.05) is 0 Å². The molecule has 29 heavy (non-hydrogen) atoms. The summed E-state index contributed by atoms with van der Waals surface area (Å²) in [5, 5.41) is 11.8. The number of para-hydroxylation sites is 1. The zero-order chi connectivity index (χ0) is 19.9. The second-order valence-corrected chi connectivity index (χ2v) is 9.25. The Morgan fingerprint density at radius 2 is 1.69 bits per heavy atom. The van der Waals surface area contributed by atoms with Gasteiger partial charge in [0.2, 0.25) is 0 Å². The molecule has 0 aliphatic carbocycles. The number of aromatic nitrogens is 3. The Kier molecular flexibility index (Phi) is 7.31. The van der Waals surface area contributed by atoms with Crippen molar-refractivity contribution in [2.24, 2.45) is 0 Å². The summed E-state index contributed by atoms with van der Waals surface area (Å²) >= 11 is 0.146.